The number of aromatic hydroxyl groups is 1. The van der Waals surface area contributed by atoms with Crippen LogP contribution in [0.15, 0.2) is 29.3 Å². The molecule has 0 bridgehead atoms. The largest absolute Gasteiger partial charge is 0.508 e. The van der Waals surface area contributed by atoms with Crippen molar-refractivity contribution < 1.29 is 68.7 Å². The maximum Gasteiger partial charge on any atom is 0.326 e. The van der Waals surface area contributed by atoms with Gasteiger partial charge in [0.1, 0.15) is 42.0 Å². The summed E-state index contributed by atoms with van der Waals surface area (Å²) in [5.74, 6) is -11.6. The van der Waals surface area contributed by atoms with Crippen LogP contribution in [0.2, 0.25) is 0 Å². The normalized spacial score (nSPS) is 14.8. The first-order chi connectivity index (χ1) is 28.1. The Kier molecular flexibility index (Phi) is 22.0. The van der Waals surface area contributed by atoms with E-state index in [9.17, 15) is 63.6 Å². The molecule has 0 fully saturated rings. The van der Waals surface area contributed by atoms with E-state index in [4.69, 9.17) is 28.0 Å². The van der Waals surface area contributed by atoms with Gasteiger partial charge in [-0.2, -0.15) is 0 Å². The molecule has 0 unspecified atom stereocenters. The molecule has 0 aromatic heterocycles. The molecule has 0 heterocycles. The summed E-state index contributed by atoms with van der Waals surface area (Å²) in [5.41, 5.74) is 21.8. The predicted molar refractivity (Wildman–Crippen MR) is 209 cm³/mol. The lowest BCUT2D eigenvalue weighted by Crippen LogP contribution is -2.61. The lowest BCUT2D eigenvalue weighted by Gasteiger charge is -2.29. The molecule has 19 N–H and O–H groups in total. The number of nitrogens with two attached hydrogens (primary N) is 4. The van der Waals surface area contributed by atoms with Gasteiger partial charge < -0.3 is 80.4 Å². The summed E-state index contributed by atoms with van der Waals surface area (Å²) >= 11 is 0. The second-order valence-electron chi connectivity index (χ2n) is 13.6. The van der Waals surface area contributed by atoms with E-state index in [0.29, 0.717) is 12.0 Å². The minimum atomic E-state index is -1.88. The van der Waals surface area contributed by atoms with Crippen molar-refractivity contribution in [1.82, 2.24) is 31.9 Å². The van der Waals surface area contributed by atoms with Crippen molar-refractivity contribution >= 4 is 59.2 Å². The molecule has 0 aliphatic heterocycles. The van der Waals surface area contributed by atoms with Gasteiger partial charge in [-0.25, -0.2) is 4.79 Å². The summed E-state index contributed by atoms with van der Waals surface area (Å²) in [6.45, 7) is 1.20. The van der Waals surface area contributed by atoms with Crippen molar-refractivity contribution in [2.45, 2.75) is 94.7 Å². The van der Waals surface area contributed by atoms with E-state index in [1.807, 2.05) is 10.6 Å². The van der Waals surface area contributed by atoms with Gasteiger partial charge in [-0.1, -0.05) is 32.4 Å². The lowest BCUT2D eigenvalue weighted by molar-refractivity contribution is -0.143. The van der Waals surface area contributed by atoms with Crippen LogP contribution in [0.4, 0.5) is 0 Å². The zero-order chi connectivity index (χ0) is 45.7. The zero-order valence-corrected chi connectivity index (χ0v) is 33.0. The Morgan fingerprint density at radius 2 is 1.15 bits per heavy atom. The standard InChI is InChI=1S/C35H55N11O14/c1-3-16(2)27(33(58)41-20(34(59)60)5-4-10-40-35(38)39)46-30(55)21(11-17-6-8-18(49)9-7-17)42-29(54)22(13-25(37)50)43-31(56)24(15-48)45-32(57)23(14-47)44-28(53)19(36)12-26(51)52/h6-9,16,19-24,27,47-49H,3-5,10-15,36H2,1-2H3,(H2,37,50)(H,41,58)(H,42,54)(H,43,56)(H,44,53)(H,45,57)(H,46,55)(H,51,52)(H,59,60)(H4,38,39,40)/t16-,19-,20-,21-,22-,23-,24-,27-/m0/s1. The summed E-state index contributed by atoms with van der Waals surface area (Å²) in [4.78, 5) is 118. The summed E-state index contributed by atoms with van der Waals surface area (Å²) in [6, 6.07) is -6.05. The number of phenolic OH excluding ortho intramolecular Hbond substituents is 1. The van der Waals surface area contributed by atoms with Crippen molar-refractivity contribution in [3.63, 3.8) is 0 Å². The number of hydrogen-bond donors (Lipinski definition) is 15. The van der Waals surface area contributed by atoms with Crippen molar-refractivity contribution in [1.29, 1.82) is 0 Å². The lowest BCUT2D eigenvalue weighted by atomic mass is 9.96. The van der Waals surface area contributed by atoms with Gasteiger partial charge in [0.25, 0.3) is 0 Å². The summed E-state index contributed by atoms with van der Waals surface area (Å²) in [6.07, 6.45) is -1.59. The first-order valence-corrected chi connectivity index (χ1v) is 18.5. The van der Waals surface area contributed by atoms with Gasteiger partial charge in [-0.05, 0) is 36.5 Å². The molecule has 0 saturated carbocycles. The molecule has 334 valence electrons. The Morgan fingerprint density at radius 3 is 1.63 bits per heavy atom. The van der Waals surface area contributed by atoms with Crippen molar-refractivity contribution in [3.05, 3.63) is 29.8 Å². The first kappa shape index (κ1) is 51.4. The van der Waals surface area contributed by atoms with Crippen LogP contribution in [0.5, 0.6) is 5.75 Å². The van der Waals surface area contributed by atoms with E-state index >= 15 is 0 Å². The fourth-order valence-electron chi connectivity index (χ4n) is 5.23. The zero-order valence-electron chi connectivity index (χ0n) is 33.0. The van der Waals surface area contributed by atoms with Crippen LogP contribution in [0.1, 0.15) is 51.5 Å². The number of aliphatic hydroxyl groups excluding tert-OH is 2. The Labute approximate surface area is 343 Å². The smallest absolute Gasteiger partial charge is 0.326 e. The molecule has 25 heteroatoms. The number of hydrogen-bond acceptors (Lipinski definition) is 14. The maximum atomic E-state index is 13.9. The van der Waals surface area contributed by atoms with Crippen molar-refractivity contribution in [2.24, 2.45) is 33.8 Å². The molecule has 1 aromatic rings. The van der Waals surface area contributed by atoms with E-state index in [2.05, 4.69) is 26.3 Å². The van der Waals surface area contributed by atoms with E-state index in [-0.39, 0.29) is 37.5 Å². The number of aliphatic imine (C=N–C) groups is 1. The van der Waals surface area contributed by atoms with Crippen LogP contribution in [0.25, 0.3) is 0 Å². The maximum absolute atomic E-state index is 13.9. The molecule has 60 heavy (non-hydrogen) atoms. The summed E-state index contributed by atoms with van der Waals surface area (Å²) in [5, 5.41) is 61.4. The van der Waals surface area contributed by atoms with Gasteiger partial charge in [-0.3, -0.25) is 43.3 Å². The highest BCUT2D eigenvalue weighted by Gasteiger charge is 2.35. The van der Waals surface area contributed by atoms with Gasteiger partial charge in [0.2, 0.25) is 41.4 Å². The Hall–Kier alpha value is -6.60. The molecule has 25 nitrogen and oxygen atoms in total. The number of amides is 7. The van der Waals surface area contributed by atoms with Crippen LogP contribution in [0, 0.1) is 5.92 Å². The second kappa shape index (κ2) is 25.7. The van der Waals surface area contributed by atoms with E-state index in [1.165, 1.54) is 24.3 Å². The van der Waals surface area contributed by atoms with Crippen LogP contribution in [-0.2, 0) is 49.6 Å². The summed E-state index contributed by atoms with van der Waals surface area (Å²) < 4.78 is 0. The molecule has 1 aromatic carbocycles. The Morgan fingerprint density at radius 1 is 0.667 bits per heavy atom. The van der Waals surface area contributed by atoms with Crippen molar-refractivity contribution in [2.75, 3.05) is 19.8 Å². The van der Waals surface area contributed by atoms with E-state index in [0.717, 1.165) is 0 Å². The molecule has 0 aliphatic carbocycles. The molecule has 7 amide bonds. The quantitative estimate of drug-likeness (QED) is 0.0222. The summed E-state index contributed by atoms with van der Waals surface area (Å²) in [7, 11) is 0. The average Bonchev–Trinajstić information content (AvgIpc) is 3.17. The first-order valence-electron chi connectivity index (χ1n) is 18.5. The minimum Gasteiger partial charge on any atom is -0.508 e. The highest BCUT2D eigenvalue weighted by Crippen LogP contribution is 2.14. The number of aliphatic hydroxyl groups is 2. The monoisotopic (exact) mass is 853 g/mol. The number of nitrogens with one attached hydrogen (secondary N) is 6. The van der Waals surface area contributed by atoms with E-state index in [1.54, 1.807) is 13.8 Å². The fraction of sp³-hybridized carbons (Fsp3) is 0.543. The van der Waals surface area contributed by atoms with Gasteiger partial charge >= 0.3 is 11.9 Å². The molecule has 0 aliphatic rings. The van der Waals surface area contributed by atoms with Crippen LogP contribution in [-0.4, -0.2) is 147 Å². The highest BCUT2D eigenvalue weighted by molar-refractivity contribution is 5.98. The van der Waals surface area contributed by atoms with Gasteiger partial charge in [0.05, 0.1) is 32.1 Å². The van der Waals surface area contributed by atoms with Gasteiger partial charge in [-0.15, -0.1) is 0 Å². The molecular weight excluding hydrogens is 798 g/mol. The second-order valence-corrected chi connectivity index (χ2v) is 13.6. The fourth-order valence-corrected chi connectivity index (χ4v) is 5.23. The Balaban J connectivity index is 3.36. The number of benzene rings is 1. The molecular formula is C35H55N11O14. The number of rotatable bonds is 27. The minimum absolute atomic E-state index is 0.0752. The molecule has 0 saturated heterocycles. The van der Waals surface area contributed by atoms with Gasteiger partial charge in [0, 0.05) is 13.0 Å². The molecule has 8 atom stereocenters. The van der Waals surface area contributed by atoms with Crippen molar-refractivity contribution in [3.8, 4) is 5.75 Å². The number of carbonyl (C=O) groups is 9. The highest BCUT2D eigenvalue weighted by atomic mass is 16.4. The van der Waals surface area contributed by atoms with Gasteiger partial charge in [0.15, 0.2) is 5.96 Å². The number of primary amides is 1. The SMILES string of the molecule is CC[C@H](C)[C@H](NC(=O)[C@H](Cc1ccc(O)cc1)NC(=O)[C@H](CC(N)=O)NC(=O)[C@H](CO)NC(=O)[C@H](CO)NC(=O)[C@@H](N)CC(=O)O)C(=O)N[C@@H](CCCN=C(N)N)C(=O)O. The number of aliphatic carboxylic acids is 2. The average molecular weight is 854 g/mol. The number of carboxylic acids is 2. The predicted octanol–water partition coefficient (Wildman–Crippen LogP) is -6.31. The topological polar surface area (TPSA) is 443 Å². The van der Waals surface area contributed by atoms with Crippen LogP contribution >= 0.6 is 0 Å². The third-order valence-corrected chi connectivity index (χ3v) is 8.76. The number of phenols is 1. The Bertz CT molecular complexity index is 1710. The van der Waals surface area contributed by atoms with Crippen LogP contribution in [0.3, 0.4) is 0 Å². The van der Waals surface area contributed by atoms with E-state index < -0.39 is 128 Å². The van der Waals surface area contributed by atoms with Crippen LogP contribution < -0.4 is 54.8 Å². The number of carboxylic acid groups (broad SMARTS) is 2. The third-order valence-electron chi connectivity index (χ3n) is 8.76. The molecule has 1 rings (SSSR count). The molecule has 0 radical (unpaired) electrons. The molecule has 0 spiro atoms. The number of nitrogens with zero attached hydrogens (tertiary/aromatic N) is 1. The number of carbonyl (C=O) groups excluding carboxylic acids is 7. The third kappa shape index (κ3) is 18.3. The number of guanidine groups is 1.